The first-order valence-corrected chi connectivity index (χ1v) is 7.20. The highest BCUT2D eigenvalue weighted by Gasteiger charge is 2.15. The average Bonchev–Trinajstić information content (AvgIpc) is 2.48. The van der Waals surface area contributed by atoms with Crippen molar-refractivity contribution in [2.45, 2.75) is 25.8 Å². The molecule has 0 spiro atoms. The minimum Gasteiger partial charge on any atom is -0.497 e. The van der Waals surface area contributed by atoms with E-state index < -0.39 is 0 Å². The normalized spacial score (nSPS) is 12.0. The minimum absolute atomic E-state index is 0.0348. The number of benzene rings is 1. The first-order chi connectivity index (χ1) is 10.2. The Hall–Kier alpha value is -1.59. The predicted octanol–water partition coefficient (Wildman–Crippen LogP) is 1.80. The lowest BCUT2D eigenvalue weighted by Crippen LogP contribution is -2.36. The van der Waals surface area contributed by atoms with Crippen LogP contribution < -0.4 is 10.1 Å². The van der Waals surface area contributed by atoms with Crippen molar-refractivity contribution in [1.82, 2.24) is 5.32 Å². The van der Waals surface area contributed by atoms with E-state index >= 15 is 0 Å². The third-order valence-corrected chi connectivity index (χ3v) is 3.10. The van der Waals surface area contributed by atoms with Crippen molar-refractivity contribution in [3.63, 3.8) is 0 Å². The summed E-state index contributed by atoms with van der Waals surface area (Å²) in [5.41, 5.74) is 1.15. The Labute approximate surface area is 126 Å². The smallest absolute Gasteiger partial charge is 0.307 e. The summed E-state index contributed by atoms with van der Waals surface area (Å²) < 4.78 is 15.2. The van der Waals surface area contributed by atoms with Crippen LogP contribution in [0.15, 0.2) is 24.3 Å². The lowest BCUT2D eigenvalue weighted by atomic mass is 10.0. The molecule has 0 saturated carbocycles. The van der Waals surface area contributed by atoms with Crippen LogP contribution >= 0.6 is 0 Å². The van der Waals surface area contributed by atoms with Gasteiger partial charge in [-0.1, -0.05) is 12.1 Å². The van der Waals surface area contributed by atoms with Crippen LogP contribution in [0.25, 0.3) is 0 Å². The summed E-state index contributed by atoms with van der Waals surface area (Å²) in [5, 5.41) is 3.33. The van der Waals surface area contributed by atoms with Crippen molar-refractivity contribution >= 4 is 5.97 Å². The van der Waals surface area contributed by atoms with E-state index in [0.29, 0.717) is 26.2 Å². The maximum atomic E-state index is 11.7. The molecule has 0 aliphatic rings. The van der Waals surface area contributed by atoms with E-state index in [9.17, 15) is 4.79 Å². The van der Waals surface area contributed by atoms with E-state index in [2.05, 4.69) is 5.32 Å². The van der Waals surface area contributed by atoms with Gasteiger partial charge in [0, 0.05) is 19.7 Å². The molecule has 5 nitrogen and oxygen atoms in total. The van der Waals surface area contributed by atoms with Crippen LogP contribution in [0.3, 0.4) is 0 Å². The summed E-state index contributed by atoms with van der Waals surface area (Å²) in [7, 11) is 3.30. The van der Waals surface area contributed by atoms with Gasteiger partial charge in [-0.2, -0.15) is 0 Å². The lowest BCUT2D eigenvalue weighted by Gasteiger charge is -2.18. The fourth-order valence-electron chi connectivity index (χ4n) is 2.05. The molecule has 1 atom stereocenters. The first kappa shape index (κ1) is 17.5. The van der Waals surface area contributed by atoms with Crippen molar-refractivity contribution in [3.8, 4) is 5.75 Å². The molecule has 0 bridgehead atoms. The quantitative estimate of drug-likeness (QED) is 0.527. The molecular weight excluding hydrogens is 270 g/mol. The second-order valence-corrected chi connectivity index (χ2v) is 4.71. The summed E-state index contributed by atoms with van der Waals surface area (Å²) in [6.07, 6.45) is 1.11. The zero-order valence-electron chi connectivity index (χ0n) is 13.1. The zero-order valence-corrected chi connectivity index (χ0v) is 13.1. The van der Waals surface area contributed by atoms with Crippen LogP contribution in [0.1, 0.15) is 18.9 Å². The number of esters is 1. The number of nitrogens with one attached hydrogen (secondary N) is 1. The average molecular weight is 295 g/mol. The standard InChI is InChI=1S/C16H25NO4/c1-4-21-16(18)12-14(17-9-10-19-2)11-13-5-7-15(20-3)8-6-13/h5-8,14,17H,4,9-12H2,1-3H3. The van der Waals surface area contributed by atoms with Crippen LogP contribution in [0.4, 0.5) is 0 Å². The maximum absolute atomic E-state index is 11.7. The van der Waals surface area contributed by atoms with Gasteiger partial charge in [0.25, 0.3) is 0 Å². The first-order valence-electron chi connectivity index (χ1n) is 7.20. The molecule has 1 unspecified atom stereocenters. The molecule has 0 saturated heterocycles. The van der Waals surface area contributed by atoms with Crippen LogP contribution in [0, 0.1) is 0 Å². The second-order valence-electron chi connectivity index (χ2n) is 4.71. The Morgan fingerprint density at radius 3 is 2.52 bits per heavy atom. The van der Waals surface area contributed by atoms with Gasteiger partial charge in [0.1, 0.15) is 5.75 Å². The molecule has 0 heterocycles. The SMILES string of the molecule is CCOC(=O)CC(Cc1ccc(OC)cc1)NCCOC. The largest absolute Gasteiger partial charge is 0.497 e. The fourth-order valence-corrected chi connectivity index (χ4v) is 2.05. The Kier molecular flexibility index (Phi) is 8.47. The zero-order chi connectivity index (χ0) is 15.5. The number of carbonyl (C=O) groups is 1. The molecule has 1 rings (SSSR count). The number of rotatable bonds is 10. The molecule has 0 aromatic heterocycles. The number of ether oxygens (including phenoxy) is 3. The summed E-state index contributed by atoms with van der Waals surface area (Å²) in [4.78, 5) is 11.7. The molecule has 1 aromatic carbocycles. The molecule has 118 valence electrons. The molecule has 1 N–H and O–H groups in total. The minimum atomic E-state index is -0.180. The number of methoxy groups -OCH3 is 2. The van der Waals surface area contributed by atoms with Crippen LogP contribution in [-0.4, -0.2) is 46.0 Å². The van der Waals surface area contributed by atoms with E-state index in [4.69, 9.17) is 14.2 Å². The lowest BCUT2D eigenvalue weighted by molar-refractivity contribution is -0.143. The van der Waals surface area contributed by atoms with E-state index in [1.807, 2.05) is 31.2 Å². The monoisotopic (exact) mass is 295 g/mol. The van der Waals surface area contributed by atoms with Gasteiger partial charge in [-0.05, 0) is 31.0 Å². The highest BCUT2D eigenvalue weighted by Crippen LogP contribution is 2.13. The van der Waals surface area contributed by atoms with E-state index in [0.717, 1.165) is 17.7 Å². The van der Waals surface area contributed by atoms with Crippen molar-refractivity contribution in [1.29, 1.82) is 0 Å². The van der Waals surface area contributed by atoms with Gasteiger partial charge in [0.15, 0.2) is 0 Å². The number of carbonyl (C=O) groups excluding carboxylic acids is 1. The van der Waals surface area contributed by atoms with Gasteiger partial charge in [-0.3, -0.25) is 4.79 Å². The van der Waals surface area contributed by atoms with Crippen molar-refractivity contribution in [2.75, 3.05) is 34.0 Å². The number of hydrogen-bond acceptors (Lipinski definition) is 5. The molecule has 0 aliphatic heterocycles. The van der Waals surface area contributed by atoms with Gasteiger partial charge in [-0.25, -0.2) is 0 Å². The molecule has 0 fully saturated rings. The molecule has 1 aromatic rings. The van der Waals surface area contributed by atoms with E-state index in [1.165, 1.54) is 0 Å². The predicted molar refractivity (Wildman–Crippen MR) is 81.6 cm³/mol. The third kappa shape index (κ3) is 7.11. The Morgan fingerprint density at radius 1 is 1.24 bits per heavy atom. The summed E-state index contributed by atoms with van der Waals surface area (Å²) in [5.74, 6) is 0.647. The highest BCUT2D eigenvalue weighted by molar-refractivity contribution is 5.70. The maximum Gasteiger partial charge on any atom is 0.307 e. The molecule has 0 amide bonds. The van der Waals surface area contributed by atoms with E-state index in [1.54, 1.807) is 14.2 Å². The third-order valence-electron chi connectivity index (χ3n) is 3.10. The summed E-state index contributed by atoms with van der Waals surface area (Å²) >= 11 is 0. The van der Waals surface area contributed by atoms with Crippen LogP contribution in [-0.2, 0) is 20.7 Å². The summed E-state index contributed by atoms with van der Waals surface area (Å²) in [6.45, 7) is 3.54. The van der Waals surface area contributed by atoms with Gasteiger partial charge in [0.05, 0.1) is 26.7 Å². The van der Waals surface area contributed by atoms with Gasteiger partial charge >= 0.3 is 5.97 Å². The van der Waals surface area contributed by atoms with Crippen LogP contribution in [0.2, 0.25) is 0 Å². The molecule has 0 radical (unpaired) electrons. The Morgan fingerprint density at radius 2 is 1.95 bits per heavy atom. The molecule has 21 heavy (non-hydrogen) atoms. The summed E-state index contributed by atoms with van der Waals surface area (Å²) in [6, 6.07) is 7.90. The number of hydrogen-bond donors (Lipinski definition) is 1. The fraction of sp³-hybridized carbons (Fsp3) is 0.562. The van der Waals surface area contributed by atoms with Crippen LogP contribution in [0.5, 0.6) is 5.75 Å². The van der Waals surface area contributed by atoms with Crippen molar-refractivity contribution in [3.05, 3.63) is 29.8 Å². The topological polar surface area (TPSA) is 56.8 Å². The molecule has 0 aliphatic carbocycles. The van der Waals surface area contributed by atoms with Gasteiger partial charge in [-0.15, -0.1) is 0 Å². The second kappa shape index (κ2) is 10.2. The molecule has 5 heteroatoms. The van der Waals surface area contributed by atoms with E-state index in [-0.39, 0.29) is 12.0 Å². The van der Waals surface area contributed by atoms with Crippen molar-refractivity contribution < 1.29 is 19.0 Å². The Balaban J connectivity index is 2.58. The van der Waals surface area contributed by atoms with Crippen molar-refractivity contribution in [2.24, 2.45) is 0 Å². The Bertz CT molecular complexity index is 405. The highest BCUT2D eigenvalue weighted by atomic mass is 16.5. The van der Waals surface area contributed by atoms with Gasteiger partial charge < -0.3 is 19.5 Å². The van der Waals surface area contributed by atoms with Gasteiger partial charge in [0.2, 0.25) is 0 Å². The molecular formula is C16H25NO4.